The molecule has 0 bridgehead atoms. The summed E-state index contributed by atoms with van der Waals surface area (Å²) in [5, 5.41) is 3.99. The van der Waals surface area contributed by atoms with E-state index in [1.54, 1.807) is 11.3 Å². The van der Waals surface area contributed by atoms with Crippen LogP contribution in [0.5, 0.6) is 0 Å². The fourth-order valence-corrected chi connectivity index (χ4v) is 4.39. The summed E-state index contributed by atoms with van der Waals surface area (Å²) in [7, 11) is 1.38. The number of methoxy groups -OCH3 is 1. The zero-order chi connectivity index (χ0) is 16.8. The average molecular weight is 331 g/mol. The Kier molecular flexibility index (Phi) is 4.00. The number of hydrogen-bond donors (Lipinski definition) is 0. The predicted molar refractivity (Wildman–Crippen MR) is 90.7 cm³/mol. The summed E-state index contributed by atoms with van der Waals surface area (Å²) in [5.41, 5.74) is 3.21. The quantitative estimate of drug-likeness (QED) is 0.776. The lowest BCUT2D eigenvalue weighted by molar-refractivity contribution is -0.143. The molecule has 1 aromatic rings. The van der Waals surface area contributed by atoms with Crippen LogP contribution in [0.1, 0.15) is 45.1 Å². The molecular formula is C18H21NO3S. The van der Waals surface area contributed by atoms with Crippen molar-refractivity contribution < 1.29 is 14.3 Å². The molecule has 0 saturated carbocycles. The van der Waals surface area contributed by atoms with Gasteiger partial charge >= 0.3 is 5.97 Å². The predicted octanol–water partition coefficient (Wildman–Crippen LogP) is 3.74. The van der Waals surface area contributed by atoms with Gasteiger partial charge in [0.1, 0.15) is 5.92 Å². The lowest BCUT2D eigenvalue weighted by Gasteiger charge is -2.38. The normalized spacial score (nSPS) is 26.6. The van der Waals surface area contributed by atoms with Crippen LogP contribution in [-0.2, 0) is 14.3 Å². The molecule has 0 fully saturated rings. The van der Waals surface area contributed by atoms with Crippen molar-refractivity contribution in [1.82, 2.24) is 0 Å². The number of rotatable bonds is 2. The second kappa shape index (κ2) is 5.71. The number of aliphatic imine (C=N–C) groups is 1. The highest BCUT2D eigenvalue weighted by Crippen LogP contribution is 2.48. The zero-order valence-electron chi connectivity index (χ0n) is 13.9. The maximum absolute atomic E-state index is 12.8. The third-order valence-electron chi connectivity index (χ3n) is 4.66. The number of nitrogens with zero attached hydrogens (tertiary/aromatic N) is 1. The van der Waals surface area contributed by atoms with E-state index >= 15 is 0 Å². The molecular weight excluding hydrogens is 310 g/mol. The summed E-state index contributed by atoms with van der Waals surface area (Å²) < 4.78 is 4.99. The second-order valence-electron chi connectivity index (χ2n) is 7.09. The molecule has 2 heterocycles. The lowest BCUT2D eigenvalue weighted by atomic mass is 9.67. The van der Waals surface area contributed by atoms with Crippen molar-refractivity contribution in [3.05, 3.63) is 33.7 Å². The molecule has 0 saturated heterocycles. The van der Waals surface area contributed by atoms with Gasteiger partial charge < -0.3 is 4.74 Å². The number of allylic oxidation sites excluding steroid dienone is 2. The minimum Gasteiger partial charge on any atom is -0.468 e. The molecule has 2 atom stereocenters. The first-order valence-electron chi connectivity index (χ1n) is 7.75. The topological polar surface area (TPSA) is 55.7 Å². The van der Waals surface area contributed by atoms with E-state index in [0.29, 0.717) is 12.0 Å². The molecule has 23 heavy (non-hydrogen) atoms. The summed E-state index contributed by atoms with van der Waals surface area (Å²) in [4.78, 5) is 29.8. The number of thiophene rings is 1. The molecule has 1 aliphatic carbocycles. The number of hydrogen-bond acceptors (Lipinski definition) is 5. The number of esters is 1. The van der Waals surface area contributed by atoms with Crippen LogP contribution in [-0.4, -0.2) is 24.6 Å². The smallest absolute Gasteiger partial charge is 0.315 e. The Labute approximate surface area is 140 Å². The maximum Gasteiger partial charge on any atom is 0.315 e. The summed E-state index contributed by atoms with van der Waals surface area (Å²) in [6.45, 7) is 6.04. The summed E-state index contributed by atoms with van der Waals surface area (Å²) in [6, 6.07) is 1.99. The Morgan fingerprint density at radius 2 is 2.13 bits per heavy atom. The van der Waals surface area contributed by atoms with Crippen LogP contribution < -0.4 is 0 Å². The van der Waals surface area contributed by atoms with Crippen LogP contribution in [0, 0.1) is 11.3 Å². The molecule has 0 aromatic carbocycles. The van der Waals surface area contributed by atoms with E-state index in [-0.39, 0.29) is 23.1 Å². The van der Waals surface area contributed by atoms with Gasteiger partial charge in [0.2, 0.25) is 0 Å². The minimum absolute atomic E-state index is 0.0863. The van der Waals surface area contributed by atoms with E-state index in [0.717, 1.165) is 23.4 Å². The minimum atomic E-state index is -0.515. The Morgan fingerprint density at radius 3 is 2.74 bits per heavy atom. The summed E-state index contributed by atoms with van der Waals surface area (Å²) in [5.74, 6) is -1.01. The van der Waals surface area contributed by atoms with Gasteiger partial charge in [-0.25, -0.2) is 0 Å². The average Bonchev–Trinajstić information content (AvgIpc) is 2.97. The van der Waals surface area contributed by atoms with Crippen molar-refractivity contribution >= 4 is 28.8 Å². The van der Waals surface area contributed by atoms with Crippen LogP contribution in [0.15, 0.2) is 33.1 Å². The highest BCUT2D eigenvalue weighted by Gasteiger charge is 2.45. The van der Waals surface area contributed by atoms with Crippen LogP contribution in [0.25, 0.3) is 0 Å². The van der Waals surface area contributed by atoms with E-state index < -0.39 is 5.92 Å². The van der Waals surface area contributed by atoms with E-state index in [9.17, 15) is 9.59 Å². The molecule has 5 heteroatoms. The van der Waals surface area contributed by atoms with E-state index in [4.69, 9.17) is 4.74 Å². The largest absolute Gasteiger partial charge is 0.468 e. The highest BCUT2D eigenvalue weighted by molar-refractivity contribution is 7.08. The van der Waals surface area contributed by atoms with Gasteiger partial charge in [0.05, 0.1) is 7.11 Å². The molecule has 1 aromatic heterocycles. The van der Waals surface area contributed by atoms with Crippen molar-refractivity contribution in [3.63, 3.8) is 0 Å². The molecule has 122 valence electrons. The van der Waals surface area contributed by atoms with E-state index in [1.165, 1.54) is 7.11 Å². The number of ether oxygens (including phenoxy) is 1. The van der Waals surface area contributed by atoms with Crippen molar-refractivity contribution in [2.75, 3.05) is 7.11 Å². The maximum atomic E-state index is 12.8. The Balaban J connectivity index is 2.17. The van der Waals surface area contributed by atoms with Gasteiger partial charge in [0.25, 0.3) is 0 Å². The van der Waals surface area contributed by atoms with Gasteiger partial charge in [-0.2, -0.15) is 11.3 Å². The van der Waals surface area contributed by atoms with Crippen molar-refractivity contribution in [2.24, 2.45) is 16.3 Å². The van der Waals surface area contributed by atoms with E-state index in [1.807, 2.05) is 23.8 Å². The van der Waals surface area contributed by atoms with Crippen LogP contribution in [0.2, 0.25) is 0 Å². The highest BCUT2D eigenvalue weighted by atomic mass is 32.1. The SMILES string of the molecule is COC(=O)C1C(C)=NC2=C(C(=O)CC(C)(C)C2)C1c1ccsc1. The Hall–Kier alpha value is -1.75. The van der Waals surface area contributed by atoms with Crippen molar-refractivity contribution in [1.29, 1.82) is 0 Å². The van der Waals surface area contributed by atoms with Gasteiger partial charge in [0.15, 0.2) is 5.78 Å². The van der Waals surface area contributed by atoms with Gasteiger partial charge in [-0.05, 0) is 41.1 Å². The third kappa shape index (κ3) is 2.78. The van der Waals surface area contributed by atoms with Crippen molar-refractivity contribution in [3.8, 4) is 0 Å². The van der Waals surface area contributed by atoms with Gasteiger partial charge in [-0.1, -0.05) is 13.8 Å². The van der Waals surface area contributed by atoms with Gasteiger partial charge in [-0.15, -0.1) is 0 Å². The number of carbonyl (C=O) groups excluding carboxylic acids is 2. The number of Topliss-reactive ketones (excluding diaryl/α,β-unsaturated/α-hetero) is 1. The van der Waals surface area contributed by atoms with Crippen LogP contribution >= 0.6 is 11.3 Å². The summed E-state index contributed by atoms with van der Waals surface area (Å²) >= 11 is 1.57. The molecule has 1 aliphatic heterocycles. The van der Waals surface area contributed by atoms with Crippen molar-refractivity contribution in [2.45, 2.75) is 39.5 Å². The van der Waals surface area contributed by atoms with Crippen LogP contribution in [0.3, 0.4) is 0 Å². The second-order valence-corrected chi connectivity index (χ2v) is 7.87. The molecule has 0 spiro atoms. The molecule has 2 unspecified atom stereocenters. The van der Waals surface area contributed by atoms with Gasteiger partial charge in [0, 0.05) is 29.3 Å². The van der Waals surface area contributed by atoms with Crippen LogP contribution in [0.4, 0.5) is 0 Å². The standard InChI is InChI=1S/C18H21NO3S/c1-10-14(17(21)22-4)15(11-5-6-23-9-11)16-12(19-10)7-18(2,3)8-13(16)20/h5-6,9,14-15H,7-8H2,1-4H3. The third-order valence-corrected chi connectivity index (χ3v) is 5.36. The molecule has 0 N–H and O–H groups in total. The monoisotopic (exact) mass is 331 g/mol. The number of ketones is 1. The first kappa shape index (κ1) is 16.1. The van der Waals surface area contributed by atoms with Gasteiger partial charge in [-0.3, -0.25) is 14.6 Å². The first-order valence-corrected chi connectivity index (χ1v) is 8.69. The summed E-state index contributed by atoms with van der Waals surface area (Å²) in [6.07, 6.45) is 1.26. The Morgan fingerprint density at radius 1 is 1.39 bits per heavy atom. The molecule has 2 aliphatic rings. The molecule has 3 rings (SSSR count). The number of carbonyl (C=O) groups is 2. The molecule has 4 nitrogen and oxygen atoms in total. The fourth-order valence-electron chi connectivity index (χ4n) is 3.69. The fraction of sp³-hybridized carbons (Fsp3) is 0.500. The lowest BCUT2D eigenvalue weighted by Crippen LogP contribution is -2.39. The Bertz CT molecular complexity index is 713. The first-order chi connectivity index (χ1) is 10.8. The van der Waals surface area contributed by atoms with E-state index in [2.05, 4.69) is 18.8 Å². The zero-order valence-corrected chi connectivity index (χ0v) is 14.7. The molecule has 0 amide bonds. The molecule has 0 radical (unpaired) electrons.